The van der Waals surface area contributed by atoms with Gasteiger partial charge in [0.1, 0.15) is 0 Å². The monoisotopic (exact) mass is 252 g/mol. The summed E-state index contributed by atoms with van der Waals surface area (Å²) in [5.41, 5.74) is 2.58. The molecule has 0 aliphatic rings. The molecule has 6 nitrogen and oxygen atoms in total. The lowest BCUT2D eigenvalue weighted by Gasteiger charge is -2.10. The van der Waals surface area contributed by atoms with E-state index in [1.54, 1.807) is 0 Å². The minimum absolute atomic E-state index is 0.0602. The first-order valence-electron chi connectivity index (χ1n) is 4.72. The number of aliphatic hydroxyl groups excluding tert-OH is 1. The van der Waals surface area contributed by atoms with Crippen molar-refractivity contribution in [2.45, 2.75) is 32.2 Å². The predicted molar refractivity (Wildman–Crippen MR) is 49.8 cm³/mol. The van der Waals surface area contributed by atoms with Gasteiger partial charge in [0.2, 0.25) is 0 Å². The summed E-state index contributed by atoms with van der Waals surface area (Å²) in [4.78, 5) is 10.8. The molecule has 0 aliphatic heterocycles. The van der Waals surface area contributed by atoms with Gasteiger partial charge in [-0.15, -0.1) is 5.10 Å². The molecule has 3 N–H and O–H groups in total. The van der Waals surface area contributed by atoms with Crippen molar-refractivity contribution in [1.82, 2.24) is 15.0 Å². The highest BCUT2D eigenvalue weighted by atomic mass is 19.4. The fourth-order valence-corrected chi connectivity index (χ4v) is 1.23. The summed E-state index contributed by atoms with van der Waals surface area (Å²) in [6, 6.07) is 0. The lowest BCUT2D eigenvalue weighted by molar-refractivity contribution is -0.144. The van der Waals surface area contributed by atoms with Crippen LogP contribution in [-0.2, 0) is 12.7 Å². The zero-order valence-electron chi connectivity index (χ0n) is 8.90. The number of rotatable bonds is 4. The fourth-order valence-electron chi connectivity index (χ4n) is 1.23. The first kappa shape index (κ1) is 13.4. The minimum atomic E-state index is -4.77. The Balaban J connectivity index is 3.10. The topological polar surface area (TPSA) is 94.0 Å². The van der Waals surface area contributed by atoms with E-state index in [0.29, 0.717) is 4.68 Å². The van der Waals surface area contributed by atoms with Crippen molar-refractivity contribution >= 4 is 5.91 Å². The first-order chi connectivity index (χ1) is 7.73. The van der Waals surface area contributed by atoms with Crippen LogP contribution in [0.2, 0.25) is 0 Å². The number of halogens is 3. The van der Waals surface area contributed by atoms with Crippen molar-refractivity contribution < 1.29 is 23.1 Å². The molecule has 0 bridgehead atoms. The molecule has 17 heavy (non-hydrogen) atoms. The van der Waals surface area contributed by atoms with Gasteiger partial charge in [-0.2, -0.15) is 13.2 Å². The highest BCUT2D eigenvalue weighted by Gasteiger charge is 2.40. The number of nitrogens with zero attached hydrogens (tertiary/aromatic N) is 3. The van der Waals surface area contributed by atoms with Gasteiger partial charge in [-0.05, 0) is 13.3 Å². The van der Waals surface area contributed by atoms with Gasteiger partial charge in [0.15, 0.2) is 11.4 Å². The van der Waals surface area contributed by atoms with Gasteiger partial charge < -0.3 is 10.8 Å². The van der Waals surface area contributed by atoms with Crippen LogP contribution in [0, 0.1) is 0 Å². The third-order valence-corrected chi connectivity index (χ3v) is 2.00. The quantitative estimate of drug-likeness (QED) is 0.798. The molecule has 0 spiro atoms. The van der Waals surface area contributed by atoms with E-state index in [-0.39, 0.29) is 13.0 Å². The molecule has 1 rings (SSSR count). The molecule has 1 heterocycles. The molecule has 1 atom stereocenters. The van der Waals surface area contributed by atoms with Gasteiger partial charge in [-0.1, -0.05) is 5.21 Å². The van der Waals surface area contributed by atoms with E-state index in [9.17, 15) is 18.0 Å². The number of carbonyl (C=O) groups is 1. The Morgan fingerprint density at radius 2 is 2.18 bits per heavy atom. The van der Waals surface area contributed by atoms with Gasteiger partial charge in [-0.3, -0.25) is 4.79 Å². The van der Waals surface area contributed by atoms with Gasteiger partial charge in [0, 0.05) is 6.54 Å². The fraction of sp³-hybridized carbons (Fsp3) is 0.625. The van der Waals surface area contributed by atoms with Crippen LogP contribution in [0.15, 0.2) is 0 Å². The van der Waals surface area contributed by atoms with Crippen LogP contribution >= 0.6 is 0 Å². The largest absolute Gasteiger partial charge is 0.435 e. The number of hydrogen-bond acceptors (Lipinski definition) is 4. The van der Waals surface area contributed by atoms with E-state index >= 15 is 0 Å². The Kier molecular flexibility index (Phi) is 3.71. The van der Waals surface area contributed by atoms with Crippen LogP contribution in [-0.4, -0.2) is 32.1 Å². The lowest BCUT2D eigenvalue weighted by atomic mass is 10.2. The molecule has 9 heteroatoms. The van der Waals surface area contributed by atoms with Crippen LogP contribution in [0.5, 0.6) is 0 Å². The number of aryl methyl sites for hydroxylation is 1. The molecule has 0 saturated heterocycles. The average Bonchev–Trinajstić information content (AvgIpc) is 2.57. The van der Waals surface area contributed by atoms with Crippen molar-refractivity contribution in [2.24, 2.45) is 5.73 Å². The van der Waals surface area contributed by atoms with Crippen LogP contribution in [0.25, 0.3) is 0 Å². The Hall–Kier alpha value is -1.64. The van der Waals surface area contributed by atoms with Crippen LogP contribution < -0.4 is 5.73 Å². The molecule has 1 unspecified atom stereocenters. The number of aromatic nitrogens is 3. The van der Waals surface area contributed by atoms with Crippen LogP contribution in [0.3, 0.4) is 0 Å². The Morgan fingerprint density at radius 3 is 2.59 bits per heavy atom. The van der Waals surface area contributed by atoms with Crippen molar-refractivity contribution in [1.29, 1.82) is 0 Å². The molecule has 0 aliphatic carbocycles. The molecule has 0 radical (unpaired) electrons. The zero-order valence-corrected chi connectivity index (χ0v) is 8.90. The van der Waals surface area contributed by atoms with E-state index in [1.165, 1.54) is 6.92 Å². The average molecular weight is 252 g/mol. The number of alkyl halides is 3. The maximum absolute atomic E-state index is 12.7. The second kappa shape index (κ2) is 4.70. The molecule has 1 aromatic rings. The van der Waals surface area contributed by atoms with Crippen LogP contribution in [0.1, 0.15) is 29.5 Å². The first-order valence-corrected chi connectivity index (χ1v) is 4.72. The van der Waals surface area contributed by atoms with E-state index in [1.807, 2.05) is 0 Å². The second-order valence-corrected chi connectivity index (χ2v) is 3.51. The minimum Gasteiger partial charge on any atom is -0.393 e. The number of amides is 1. The van der Waals surface area contributed by atoms with Crippen molar-refractivity contribution in [2.75, 3.05) is 0 Å². The smallest absolute Gasteiger partial charge is 0.393 e. The summed E-state index contributed by atoms with van der Waals surface area (Å²) >= 11 is 0. The molecule has 0 fully saturated rings. The normalized spacial score (nSPS) is 13.7. The Bertz CT molecular complexity index is 413. The van der Waals surface area contributed by atoms with E-state index in [0.717, 1.165) is 0 Å². The lowest BCUT2D eigenvalue weighted by Crippen LogP contribution is -2.22. The van der Waals surface area contributed by atoms with Gasteiger partial charge in [-0.25, -0.2) is 4.68 Å². The number of primary amides is 1. The van der Waals surface area contributed by atoms with E-state index in [2.05, 4.69) is 10.3 Å². The number of aliphatic hydroxyl groups is 1. The molecule has 1 aromatic heterocycles. The highest BCUT2D eigenvalue weighted by molar-refractivity contribution is 5.91. The second-order valence-electron chi connectivity index (χ2n) is 3.51. The molecule has 1 amide bonds. The Labute approximate surface area is 94.2 Å². The van der Waals surface area contributed by atoms with Gasteiger partial charge >= 0.3 is 6.18 Å². The van der Waals surface area contributed by atoms with Gasteiger partial charge in [0.25, 0.3) is 5.91 Å². The molecule has 0 saturated carbocycles. The molecule has 96 valence electrons. The van der Waals surface area contributed by atoms with Crippen molar-refractivity contribution in [3.63, 3.8) is 0 Å². The molecular weight excluding hydrogens is 241 g/mol. The summed E-state index contributed by atoms with van der Waals surface area (Å²) < 4.78 is 38.5. The van der Waals surface area contributed by atoms with Crippen molar-refractivity contribution in [3.05, 3.63) is 11.4 Å². The highest BCUT2D eigenvalue weighted by Crippen LogP contribution is 2.31. The molecular formula is C8H11F3N4O2. The maximum Gasteiger partial charge on any atom is 0.435 e. The van der Waals surface area contributed by atoms with E-state index < -0.39 is 29.6 Å². The van der Waals surface area contributed by atoms with Crippen molar-refractivity contribution in [3.8, 4) is 0 Å². The zero-order chi connectivity index (χ0) is 13.2. The predicted octanol–water partition coefficient (Wildman–Crippen LogP) is 0.167. The summed E-state index contributed by atoms with van der Waals surface area (Å²) in [6.45, 7) is 1.23. The third-order valence-electron chi connectivity index (χ3n) is 2.00. The number of carbonyl (C=O) groups excluding carboxylic acids is 1. The SMILES string of the molecule is CC(O)CCn1nnc(C(N)=O)c1C(F)(F)F. The summed E-state index contributed by atoms with van der Waals surface area (Å²) in [5, 5.41) is 15.3. The van der Waals surface area contributed by atoms with Gasteiger partial charge in [0.05, 0.1) is 6.10 Å². The van der Waals surface area contributed by atoms with E-state index in [4.69, 9.17) is 10.8 Å². The third kappa shape index (κ3) is 3.16. The number of hydrogen-bond donors (Lipinski definition) is 2. The molecule has 0 aromatic carbocycles. The maximum atomic E-state index is 12.7. The summed E-state index contributed by atoms with van der Waals surface area (Å²) in [6.07, 6.45) is -5.49. The van der Waals surface area contributed by atoms with Crippen LogP contribution in [0.4, 0.5) is 13.2 Å². The standard InChI is InChI=1S/C8H11F3N4O2/c1-4(16)2-3-15-6(8(9,10)11)5(7(12)17)13-14-15/h4,16H,2-3H2,1H3,(H2,12,17). The summed E-state index contributed by atoms with van der Waals surface area (Å²) in [7, 11) is 0. The Morgan fingerprint density at radius 1 is 1.59 bits per heavy atom. The summed E-state index contributed by atoms with van der Waals surface area (Å²) in [5.74, 6) is -1.29. The number of nitrogens with two attached hydrogens (primary N) is 1.